The van der Waals surface area contributed by atoms with Crippen molar-refractivity contribution < 1.29 is 9.53 Å². The number of nitrogens with two attached hydrogens (primary N) is 1. The minimum absolute atomic E-state index is 0.0407. The number of ether oxygens (including phenoxy) is 1. The Kier molecular flexibility index (Phi) is 3.85. The number of benzene rings is 1. The zero-order valence-electron chi connectivity index (χ0n) is 11.1. The van der Waals surface area contributed by atoms with Gasteiger partial charge in [0.15, 0.2) is 5.78 Å². The highest BCUT2D eigenvalue weighted by atomic mass is 16.5. The molecule has 1 heterocycles. The predicted octanol–water partition coefficient (Wildman–Crippen LogP) is 1.92. The Bertz CT molecular complexity index is 590. The number of methoxy groups -OCH3 is 1. The highest BCUT2D eigenvalue weighted by molar-refractivity contribution is 6.01. The molecule has 19 heavy (non-hydrogen) atoms. The molecule has 2 rings (SSSR count). The number of nitrogen functional groups attached to an aromatic ring is 1. The summed E-state index contributed by atoms with van der Waals surface area (Å²) < 4.78 is 7.01. The van der Waals surface area contributed by atoms with Crippen LogP contribution in [0.4, 0.5) is 5.69 Å². The molecule has 0 amide bonds. The van der Waals surface area contributed by atoms with Crippen LogP contribution in [0.5, 0.6) is 5.75 Å². The van der Waals surface area contributed by atoms with E-state index in [1.807, 2.05) is 17.7 Å². The fourth-order valence-electron chi connectivity index (χ4n) is 1.96. The van der Waals surface area contributed by atoms with Crippen molar-refractivity contribution in [2.24, 2.45) is 0 Å². The van der Waals surface area contributed by atoms with Crippen molar-refractivity contribution in [3.63, 3.8) is 0 Å². The average molecular weight is 259 g/mol. The number of anilines is 1. The van der Waals surface area contributed by atoms with Crippen LogP contribution in [0.3, 0.4) is 0 Å². The number of hydrogen-bond acceptors (Lipinski definition) is 4. The molecule has 0 aliphatic heterocycles. The largest absolute Gasteiger partial charge is 0.497 e. The van der Waals surface area contributed by atoms with Gasteiger partial charge in [-0.05, 0) is 19.1 Å². The first-order valence-corrected chi connectivity index (χ1v) is 6.12. The van der Waals surface area contributed by atoms with Gasteiger partial charge in [0, 0.05) is 36.3 Å². The van der Waals surface area contributed by atoms with Crippen LogP contribution in [-0.2, 0) is 13.0 Å². The van der Waals surface area contributed by atoms with Gasteiger partial charge in [0.1, 0.15) is 11.6 Å². The summed E-state index contributed by atoms with van der Waals surface area (Å²) in [5, 5.41) is 0. The second kappa shape index (κ2) is 5.56. The van der Waals surface area contributed by atoms with Crippen molar-refractivity contribution in [3.05, 3.63) is 42.0 Å². The van der Waals surface area contributed by atoms with Crippen molar-refractivity contribution in [2.75, 3.05) is 12.8 Å². The van der Waals surface area contributed by atoms with Crippen LogP contribution in [0.2, 0.25) is 0 Å². The van der Waals surface area contributed by atoms with Gasteiger partial charge in [-0.3, -0.25) is 4.79 Å². The maximum Gasteiger partial charge on any atom is 0.172 e. The maximum atomic E-state index is 12.2. The molecule has 5 nitrogen and oxygen atoms in total. The minimum atomic E-state index is -0.0407. The normalized spacial score (nSPS) is 10.4. The van der Waals surface area contributed by atoms with E-state index in [-0.39, 0.29) is 12.2 Å². The Morgan fingerprint density at radius 1 is 1.47 bits per heavy atom. The molecule has 1 aromatic heterocycles. The number of imidazole rings is 1. The summed E-state index contributed by atoms with van der Waals surface area (Å²) in [6.45, 7) is 2.80. The van der Waals surface area contributed by atoms with Gasteiger partial charge in [-0.25, -0.2) is 4.98 Å². The molecule has 0 spiro atoms. The third-order valence-corrected chi connectivity index (χ3v) is 3.02. The van der Waals surface area contributed by atoms with Gasteiger partial charge in [0.25, 0.3) is 0 Å². The standard InChI is InChI=1S/C14H17N3O2/c1-3-17-7-6-16-14(17)9-13(18)11-5-4-10(19-2)8-12(11)15/h4-8H,3,9,15H2,1-2H3. The summed E-state index contributed by atoms with van der Waals surface area (Å²) >= 11 is 0. The molecule has 0 radical (unpaired) electrons. The summed E-state index contributed by atoms with van der Waals surface area (Å²) in [5.74, 6) is 1.35. The monoisotopic (exact) mass is 259 g/mol. The smallest absolute Gasteiger partial charge is 0.172 e. The van der Waals surface area contributed by atoms with Gasteiger partial charge in [-0.2, -0.15) is 0 Å². The number of carbonyl (C=O) groups excluding carboxylic acids is 1. The number of carbonyl (C=O) groups is 1. The summed E-state index contributed by atoms with van der Waals surface area (Å²) in [6.07, 6.45) is 3.81. The molecule has 0 bridgehead atoms. The highest BCUT2D eigenvalue weighted by Crippen LogP contribution is 2.21. The lowest BCUT2D eigenvalue weighted by Crippen LogP contribution is -2.11. The van der Waals surface area contributed by atoms with Crippen LogP contribution < -0.4 is 10.5 Å². The van der Waals surface area contributed by atoms with Crippen LogP contribution in [-0.4, -0.2) is 22.4 Å². The fraction of sp³-hybridized carbons (Fsp3) is 0.286. The SMILES string of the molecule is CCn1ccnc1CC(=O)c1ccc(OC)cc1N. The molecule has 5 heteroatoms. The molecule has 0 atom stereocenters. The molecule has 1 aromatic carbocycles. The molecule has 0 saturated heterocycles. The van der Waals surface area contributed by atoms with Gasteiger partial charge < -0.3 is 15.0 Å². The van der Waals surface area contributed by atoms with Crippen LogP contribution in [0.15, 0.2) is 30.6 Å². The molecule has 0 aliphatic carbocycles. The maximum absolute atomic E-state index is 12.2. The van der Waals surface area contributed by atoms with E-state index in [1.165, 1.54) is 0 Å². The molecule has 0 unspecified atom stereocenters. The lowest BCUT2D eigenvalue weighted by atomic mass is 10.1. The molecule has 0 fully saturated rings. The third kappa shape index (κ3) is 2.76. The minimum Gasteiger partial charge on any atom is -0.497 e. The molecule has 0 aliphatic rings. The van der Waals surface area contributed by atoms with Crippen LogP contribution in [0.1, 0.15) is 23.1 Å². The second-order valence-electron chi connectivity index (χ2n) is 4.18. The summed E-state index contributed by atoms with van der Waals surface area (Å²) in [7, 11) is 1.56. The average Bonchev–Trinajstić information content (AvgIpc) is 2.85. The number of rotatable bonds is 5. The quantitative estimate of drug-likeness (QED) is 0.658. The Morgan fingerprint density at radius 2 is 2.26 bits per heavy atom. The van der Waals surface area contributed by atoms with E-state index >= 15 is 0 Å². The molecule has 2 aromatic rings. The van der Waals surface area contributed by atoms with E-state index in [2.05, 4.69) is 4.98 Å². The highest BCUT2D eigenvalue weighted by Gasteiger charge is 2.14. The molecule has 0 saturated carbocycles. The predicted molar refractivity (Wildman–Crippen MR) is 73.3 cm³/mol. The summed E-state index contributed by atoms with van der Waals surface area (Å²) in [5.41, 5.74) is 6.80. The first-order valence-electron chi connectivity index (χ1n) is 6.12. The summed E-state index contributed by atoms with van der Waals surface area (Å²) in [6, 6.07) is 5.07. The van der Waals surface area contributed by atoms with Crippen molar-refractivity contribution in [3.8, 4) is 5.75 Å². The topological polar surface area (TPSA) is 70.1 Å². The summed E-state index contributed by atoms with van der Waals surface area (Å²) in [4.78, 5) is 16.4. The number of ketones is 1. The fourth-order valence-corrected chi connectivity index (χ4v) is 1.96. The van der Waals surface area contributed by atoms with Crippen LogP contribution in [0.25, 0.3) is 0 Å². The van der Waals surface area contributed by atoms with Gasteiger partial charge in [-0.1, -0.05) is 0 Å². The number of nitrogens with zero attached hydrogens (tertiary/aromatic N) is 2. The number of aryl methyl sites for hydroxylation is 1. The van der Waals surface area contributed by atoms with Gasteiger partial charge in [0.05, 0.1) is 13.5 Å². The first kappa shape index (κ1) is 13.1. The van der Waals surface area contributed by atoms with E-state index in [9.17, 15) is 4.79 Å². The Labute approximate surface area is 112 Å². The molecular formula is C14H17N3O2. The van der Waals surface area contributed by atoms with E-state index in [0.29, 0.717) is 17.0 Å². The third-order valence-electron chi connectivity index (χ3n) is 3.02. The Morgan fingerprint density at radius 3 is 2.89 bits per heavy atom. The molecule has 2 N–H and O–H groups in total. The zero-order chi connectivity index (χ0) is 13.8. The molecule has 100 valence electrons. The number of hydrogen-bond donors (Lipinski definition) is 1. The van der Waals surface area contributed by atoms with E-state index < -0.39 is 0 Å². The van der Waals surface area contributed by atoms with Crippen molar-refractivity contribution in [2.45, 2.75) is 19.9 Å². The van der Waals surface area contributed by atoms with E-state index in [0.717, 1.165) is 12.4 Å². The molecular weight excluding hydrogens is 242 g/mol. The second-order valence-corrected chi connectivity index (χ2v) is 4.18. The first-order chi connectivity index (χ1) is 9.15. The Hall–Kier alpha value is -2.30. The van der Waals surface area contributed by atoms with Crippen molar-refractivity contribution >= 4 is 11.5 Å². The van der Waals surface area contributed by atoms with E-state index in [1.54, 1.807) is 31.5 Å². The van der Waals surface area contributed by atoms with Gasteiger partial charge >= 0.3 is 0 Å². The lowest BCUT2D eigenvalue weighted by Gasteiger charge is -2.08. The lowest BCUT2D eigenvalue weighted by molar-refractivity contribution is 0.0990. The van der Waals surface area contributed by atoms with Gasteiger partial charge in [-0.15, -0.1) is 0 Å². The Balaban J connectivity index is 2.21. The van der Waals surface area contributed by atoms with Crippen LogP contribution in [0, 0.1) is 0 Å². The van der Waals surface area contributed by atoms with Crippen molar-refractivity contribution in [1.29, 1.82) is 0 Å². The van der Waals surface area contributed by atoms with Crippen molar-refractivity contribution in [1.82, 2.24) is 9.55 Å². The van der Waals surface area contributed by atoms with Crippen LogP contribution >= 0.6 is 0 Å². The van der Waals surface area contributed by atoms with Gasteiger partial charge in [0.2, 0.25) is 0 Å². The van der Waals surface area contributed by atoms with E-state index in [4.69, 9.17) is 10.5 Å². The zero-order valence-corrected chi connectivity index (χ0v) is 11.1. The number of aromatic nitrogens is 2. The number of Topliss-reactive ketones (excluding diaryl/α,β-unsaturated/α-hetero) is 1.